The van der Waals surface area contributed by atoms with E-state index in [0.29, 0.717) is 0 Å². The van der Waals surface area contributed by atoms with Gasteiger partial charge in [-0.2, -0.15) is 0 Å². The van der Waals surface area contributed by atoms with Crippen LogP contribution in [0, 0.1) is 0 Å². The molecule has 3 N–H and O–H groups in total. The van der Waals surface area contributed by atoms with E-state index in [1.807, 2.05) is 0 Å². The molecule has 1 heterocycles. The summed E-state index contributed by atoms with van der Waals surface area (Å²) in [5.41, 5.74) is 1.61. The van der Waals surface area contributed by atoms with Crippen LogP contribution in [0.5, 0.6) is 0 Å². The summed E-state index contributed by atoms with van der Waals surface area (Å²) in [6.45, 7) is 0.873. The average molecular weight is 130 g/mol. The Kier molecular flexibility index (Phi) is 2.02. The maximum atomic E-state index is 10.6. The van der Waals surface area contributed by atoms with Crippen LogP contribution in [0.3, 0.4) is 0 Å². The third kappa shape index (κ3) is 1.40. The Balaban J connectivity index is 2.32. The molecule has 1 saturated heterocycles. The molecular formula is C5H10N2O2. The molecule has 0 aromatic carbocycles. The molecule has 1 rings (SSSR count). The third-order valence-corrected chi connectivity index (χ3v) is 1.49. The van der Waals surface area contributed by atoms with E-state index < -0.39 is 0 Å². The van der Waals surface area contributed by atoms with Crippen LogP contribution in [-0.2, 0) is 4.79 Å². The van der Waals surface area contributed by atoms with Crippen molar-refractivity contribution in [1.82, 2.24) is 10.8 Å². The highest BCUT2D eigenvalue weighted by molar-refractivity contribution is 5.80. The third-order valence-electron chi connectivity index (χ3n) is 1.49. The smallest absolute Gasteiger partial charge is 0.260 e. The van der Waals surface area contributed by atoms with Crippen molar-refractivity contribution < 1.29 is 10.0 Å². The molecule has 1 aliphatic heterocycles. The Morgan fingerprint density at radius 1 is 1.78 bits per heavy atom. The molecular weight excluding hydrogens is 120 g/mol. The Bertz CT molecular complexity index is 110. The summed E-state index contributed by atoms with van der Waals surface area (Å²) in [6.07, 6.45) is 1.84. The number of hydrogen-bond donors (Lipinski definition) is 3. The molecule has 1 amide bonds. The molecule has 0 bridgehead atoms. The molecule has 1 aliphatic rings. The number of amides is 1. The molecule has 1 atom stereocenters. The molecule has 4 heteroatoms. The lowest BCUT2D eigenvalue weighted by Gasteiger charge is -2.04. The van der Waals surface area contributed by atoms with Crippen LogP contribution in [0.25, 0.3) is 0 Å². The van der Waals surface area contributed by atoms with Gasteiger partial charge in [0.2, 0.25) is 0 Å². The van der Waals surface area contributed by atoms with Crippen LogP contribution < -0.4 is 10.8 Å². The van der Waals surface area contributed by atoms with Gasteiger partial charge >= 0.3 is 0 Å². The number of nitrogens with one attached hydrogen (secondary N) is 2. The van der Waals surface area contributed by atoms with Gasteiger partial charge < -0.3 is 5.32 Å². The van der Waals surface area contributed by atoms with Crippen molar-refractivity contribution in [3.8, 4) is 0 Å². The number of hydroxylamine groups is 1. The van der Waals surface area contributed by atoms with Crippen molar-refractivity contribution in [1.29, 1.82) is 0 Å². The molecule has 0 aromatic rings. The largest absolute Gasteiger partial charge is 0.306 e. The van der Waals surface area contributed by atoms with Crippen molar-refractivity contribution in [2.24, 2.45) is 0 Å². The van der Waals surface area contributed by atoms with Crippen LogP contribution in [0.2, 0.25) is 0 Å². The Morgan fingerprint density at radius 3 is 3.00 bits per heavy atom. The minimum atomic E-state index is -0.326. The van der Waals surface area contributed by atoms with Gasteiger partial charge in [0.25, 0.3) is 5.91 Å². The summed E-state index contributed by atoms with van der Waals surface area (Å²) >= 11 is 0. The van der Waals surface area contributed by atoms with E-state index in [-0.39, 0.29) is 11.9 Å². The lowest BCUT2D eigenvalue weighted by molar-refractivity contribution is -0.130. The van der Waals surface area contributed by atoms with Gasteiger partial charge in [-0.3, -0.25) is 10.0 Å². The molecule has 0 unspecified atom stereocenters. The fourth-order valence-corrected chi connectivity index (χ4v) is 0.986. The van der Waals surface area contributed by atoms with E-state index in [2.05, 4.69) is 5.32 Å². The molecule has 0 aliphatic carbocycles. The van der Waals surface area contributed by atoms with Crippen molar-refractivity contribution >= 4 is 5.91 Å². The van der Waals surface area contributed by atoms with Gasteiger partial charge in [0.15, 0.2) is 0 Å². The maximum Gasteiger partial charge on any atom is 0.260 e. The van der Waals surface area contributed by atoms with E-state index >= 15 is 0 Å². The number of hydrogen-bond acceptors (Lipinski definition) is 3. The average Bonchev–Trinajstić information content (AvgIpc) is 2.37. The normalized spacial score (nSPS) is 26.1. The van der Waals surface area contributed by atoms with Crippen molar-refractivity contribution in [2.75, 3.05) is 6.54 Å². The van der Waals surface area contributed by atoms with Gasteiger partial charge in [0.05, 0.1) is 6.04 Å². The van der Waals surface area contributed by atoms with E-state index in [1.165, 1.54) is 0 Å². The fourth-order valence-electron chi connectivity index (χ4n) is 0.986. The van der Waals surface area contributed by atoms with Crippen LogP contribution in [0.15, 0.2) is 0 Å². The van der Waals surface area contributed by atoms with Gasteiger partial charge in [-0.1, -0.05) is 0 Å². The van der Waals surface area contributed by atoms with Crippen molar-refractivity contribution in [2.45, 2.75) is 18.9 Å². The Hall–Kier alpha value is -0.610. The summed E-state index contributed by atoms with van der Waals surface area (Å²) in [5.74, 6) is -0.326. The number of carbonyl (C=O) groups excluding carboxylic acids is 1. The van der Waals surface area contributed by atoms with Crippen LogP contribution in [0.4, 0.5) is 0 Å². The predicted molar refractivity (Wildman–Crippen MR) is 31.0 cm³/mol. The molecule has 4 nitrogen and oxygen atoms in total. The van der Waals surface area contributed by atoms with E-state index in [1.54, 1.807) is 5.48 Å². The molecule has 0 spiro atoms. The highest BCUT2D eigenvalue weighted by Gasteiger charge is 2.20. The molecule has 1 fully saturated rings. The van der Waals surface area contributed by atoms with Gasteiger partial charge in [-0.25, -0.2) is 5.48 Å². The summed E-state index contributed by atoms with van der Waals surface area (Å²) in [4.78, 5) is 10.6. The van der Waals surface area contributed by atoms with Gasteiger partial charge in [0.1, 0.15) is 0 Å². The predicted octanol–water partition coefficient (Wildman–Crippen LogP) is -0.756. The standard InChI is InChI=1S/C5H10N2O2/c8-5(7-9)4-2-1-3-6-4/h4,6,9H,1-3H2,(H,7,8)/t4-/m0/s1. The summed E-state index contributed by atoms with van der Waals surface area (Å²) in [6, 6.07) is -0.171. The first-order valence-electron chi connectivity index (χ1n) is 3.02. The summed E-state index contributed by atoms with van der Waals surface area (Å²) in [7, 11) is 0. The lowest BCUT2D eigenvalue weighted by Crippen LogP contribution is -2.38. The second kappa shape index (κ2) is 2.80. The van der Waals surface area contributed by atoms with Crippen molar-refractivity contribution in [3.05, 3.63) is 0 Å². The van der Waals surface area contributed by atoms with E-state index in [4.69, 9.17) is 5.21 Å². The monoisotopic (exact) mass is 130 g/mol. The molecule has 0 saturated carbocycles. The van der Waals surface area contributed by atoms with Gasteiger partial charge in [-0.05, 0) is 19.4 Å². The summed E-state index contributed by atoms with van der Waals surface area (Å²) in [5, 5.41) is 11.1. The van der Waals surface area contributed by atoms with E-state index in [9.17, 15) is 4.79 Å². The highest BCUT2D eigenvalue weighted by Crippen LogP contribution is 2.03. The van der Waals surface area contributed by atoms with Gasteiger partial charge in [-0.15, -0.1) is 0 Å². The van der Waals surface area contributed by atoms with Gasteiger partial charge in [0, 0.05) is 0 Å². The Labute approximate surface area is 53.2 Å². The zero-order chi connectivity index (χ0) is 6.69. The quantitative estimate of drug-likeness (QED) is 0.323. The first-order valence-corrected chi connectivity index (χ1v) is 3.02. The minimum absolute atomic E-state index is 0.171. The van der Waals surface area contributed by atoms with Crippen LogP contribution >= 0.6 is 0 Å². The summed E-state index contributed by atoms with van der Waals surface area (Å²) < 4.78 is 0. The zero-order valence-corrected chi connectivity index (χ0v) is 5.05. The van der Waals surface area contributed by atoms with Crippen LogP contribution in [-0.4, -0.2) is 23.7 Å². The van der Waals surface area contributed by atoms with Crippen molar-refractivity contribution in [3.63, 3.8) is 0 Å². The molecule has 9 heavy (non-hydrogen) atoms. The first kappa shape index (κ1) is 6.51. The minimum Gasteiger partial charge on any atom is -0.306 e. The molecule has 52 valence electrons. The first-order chi connectivity index (χ1) is 4.34. The number of carbonyl (C=O) groups is 1. The molecule has 0 radical (unpaired) electrons. The lowest BCUT2D eigenvalue weighted by atomic mass is 10.2. The maximum absolute atomic E-state index is 10.6. The van der Waals surface area contributed by atoms with E-state index in [0.717, 1.165) is 19.4 Å². The highest BCUT2D eigenvalue weighted by atomic mass is 16.5. The SMILES string of the molecule is O=C(NO)[C@@H]1CCCN1. The zero-order valence-electron chi connectivity index (χ0n) is 5.05. The molecule has 0 aromatic heterocycles. The second-order valence-electron chi connectivity index (χ2n) is 2.12. The topological polar surface area (TPSA) is 61.4 Å². The fraction of sp³-hybridized carbons (Fsp3) is 0.800. The number of rotatable bonds is 1. The Morgan fingerprint density at radius 2 is 2.56 bits per heavy atom. The second-order valence-corrected chi connectivity index (χ2v) is 2.12. The van der Waals surface area contributed by atoms with Crippen LogP contribution in [0.1, 0.15) is 12.8 Å².